The summed E-state index contributed by atoms with van der Waals surface area (Å²) in [5.74, 6) is -1.45. The number of unbranched alkanes of at least 4 members (excludes halogenated alkanes) is 1. The van der Waals surface area contributed by atoms with E-state index in [1.807, 2.05) is 74.5 Å². The smallest absolute Gasteiger partial charge is 0.252 e. The first-order valence-corrected chi connectivity index (χ1v) is 18.4. The fourth-order valence-electron chi connectivity index (χ4n) is 5.97. The number of carbonyl (C=O) groups is 2. The van der Waals surface area contributed by atoms with Crippen LogP contribution in [-0.4, -0.2) is 73.6 Å². The molecule has 11 nitrogen and oxygen atoms in total. The lowest BCUT2D eigenvalue weighted by Gasteiger charge is -2.31. The Morgan fingerprint density at radius 3 is 2.04 bits per heavy atom. The van der Waals surface area contributed by atoms with Crippen molar-refractivity contribution in [2.45, 2.75) is 56.0 Å². The van der Waals surface area contributed by atoms with E-state index in [2.05, 4.69) is 10.6 Å². The molecule has 0 aliphatic rings. The van der Waals surface area contributed by atoms with Gasteiger partial charge in [-0.15, -0.1) is 0 Å². The van der Waals surface area contributed by atoms with Crippen molar-refractivity contribution in [2.24, 2.45) is 5.92 Å². The number of nitrogen functional groups attached to an aromatic ring is 1. The zero-order valence-corrected chi connectivity index (χ0v) is 30.1. The van der Waals surface area contributed by atoms with Crippen LogP contribution in [0.1, 0.15) is 60.5 Å². The maximum absolute atomic E-state index is 14.0. The molecule has 0 heterocycles. The second-order valence-corrected chi connectivity index (χ2v) is 14.7. The van der Waals surface area contributed by atoms with Crippen LogP contribution in [0.4, 0.5) is 5.69 Å². The summed E-state index contributed by atoms with van der Waals surface area (Å²) in [6, 6.07) is 27.4. The van der Waals surface area contributed by atoms with Crippen LogP contribution in [0, 0.1) is 5.92 Å². The number of rotatable bonds is 18. The molecule has 0 fully saturated rings. The van der Waals surface area contributed by atoms with Crippen molar-refractivity contribution in [3.63, 3.8) is 0 Å². The highest BCUT2D eigenvalue weighted by Gasteiger charge is 2.34. The van der Waals surface area contributed by atoms with E-state index in [9.17, 15) is 28.2 Å². The number of aromatic hydroxyl groups is 1. The minimum Gasteiger partial charge on any atom is -0.504 e. The Morgan fingerprint density at radius 1 is 0.882 bits per heavy atom. The molecule has 12 heteroatoms. The molecule has 4 aromatic carbocycles. The number of phenolic OH excluding ortho intramolecular Hbond substituents is 1. The largest absolute Gasteiger partial charge is 0.504 e. The van der Waals surface area contributed by atoms with Gasteiger partial charge in [-0.25, -0.2) is 8.42 Å². The average Bonchev–Trinajstić information content (AvgIpc) is 3.13. The van der Waals surface area contributed by atoms with Crippen molar-refractivity contribution >= 4 is 27.5 Å². The van der Waals surface area contributed by atoms with Crippen molar-refractivity contribution in [3.8, 4) is 11.5 Å². The van der Waals surface area contributed by atoms with Gasteiger partial charge in [-0.3, -0.25) is 9.59 Å². The highest BCUT2D eigenvalue weighted by Crippen LogP contribution is 2.30. The number of aliphatic hydroxyl groups is 1. The van der Waals surface area contributed by atoms with Gasteiger partial charge in [-0.1, -0.05) is 80.9 Å². The highest BCUT2D eigenvalue weighted by molar-refractivity contribution is 7.89. The summed E-state index contributed by atoms with van der Waals surface area (Å²) in [5, 5.41) is 26.3. The van der Waals surface area contributed by atoms with Gasteiger partial charge in [0.1, 0.15) is 6.04 Å². The number of amides is 2. The van der Waals surface area contributed by atoms with Gasteiger partial charge in [0.2, 0.25) is 15.9 Å². The predicted molar refractivity (Wildman–Crippen MR) is 198 cm³/mol. The van der Waals surface area contributed by atoms with E-state index in [-0.39, 0.29) is 47.6 Å². The number of phenols is 1. The molecule has 0 aliphatic carbocycles. The molecule has 0 saturated carbocycles. The SMILES string of the molecule is COc1cc(C(=O)N[C@H](C(=O)NCCCC[C@@H](CO)N(CC(C)C)S(=O)(=O)c2ccc(N)cc2)C(c2ccccc2)c2ccccc2)ccc1O. The van der Waals surface area contributed by atoms with Crippen LogP contribution >= 0.6 is 0 Å². The molecule has 0 unspecified atom stereocenters. The van der Waals surface area contributed by atoms with Crippen LogP contribution in [0.25, 0.3) is 0 Å². The summed E-state index contributed by atoms with van der Waals surface area (Å²) in [5.41, 5.74) is 8.08. The second kappa shape index (κ2) is 18.4. The summed E-state index contributed by atoms with van der Waals surface area (Å²) in [6.07, 6.45) is 1.38. The summed E-state index contributed by atoms with van der Waals surface area (Å²) < 4.78 is 33.8. The number of nitrogens with two attached hydrogens (primary N) is 1. The summed E-state index contributed by atoms with van der Waals surface area (Å²) in [6.45, 7) is 3.95. The van der Waals surface area contributed by atoms with Gasteiger partial charge < -0.3 is 31.3 Å². The molecule has 0 bridgehead atoms. The van der Waals surface area contributed by atoms with Gasteiger partial charge >= 0.3 is 0 Å². The van der Waals surface area contributed by atoms with Crippen molar-refractivity contribution in [1.82, 2.24) is 14.9 Å². The molecular weight excluding hydrogens is 669 g/mol. The van der Waals surface area contributed by atoms with Gasteiger partial charge in [0.25, 0.3) is 5.91 Å². The maximum Gasteiger partial charge on any atom is 0.252 e. The van der Waals surface area contributed by atoms with Gasteiger partial charge in [0.15, 0.2) is 11.5 Å². The molecular formula is C39H48N4O7S. The Hall–Kier alpha value is -4.91. The molecule has 6 N–H and O–H groups in total. The van der Waals surface area contributed by atoms with E-state index in [0.29, 0.717) is 24.9 Å². The second-order valence-electron chi connectivity index (χ2n) is 12.8. The Morgan fingerprint density at radius 2 is 1.49 bits per heavy atom. The average molecular weight is 717 g/mol. The van der Waals surface area contributed by atoms with Crippen LogP contribution in [0.5, 0.6) is 11.5 Å². The number of methoxy groups -OCH3 is 1. The molecule has 4 rings (SSSR count). The first-order chi connectivity index (χ1) is 24.5. The van der Waals surface area contributed by atoms with Crippen LogP contribution in [0.3, 0.4) is 0 Å². The first-order valence-electron chi connectivity index (χ1n) is 17.0. The van der Waals surface area contributed by atoms with Crippen LogP contribution < -0.4 is 21.1 Å². The summed E-state index contributed by atoms with van der Waals surface area (Å²) in [4.78, 5) is 27.8. The third-order valence-corrected chi connectivity index (χ3v) is 10.5. The van der Waals surface area contributed by atoms with Crippen molar-refractivity contribution in [1.29, 1.82) is 0 Å². The number of sulfonamides is 1. The van der Waals surface area contributed by atoms with E-state index in [1.165, 1.54) is 53.9 Å². The van der Waals surface area contributed by atoms with Gasteiger partial charge in [-0.2, -0.15) is 4.31 Å². The minimum absolute atomic E-state index is 0.0128. The van der Waals surface area contributed by atoms with E-state index >= 15 is 0 Å². The Labute approximate surface area is 300 Å². The van der Waals surface area contributed by atoms with Crippen molar-refractivity contribution in [2.75, 3.05) is 32.5 Å². The fourth-order valence-corrected chi connectivity index (χ4v) is 7.78. The van der Waals surface area contributed by atoms with Crippen molar-refractivity contribution in [3.05, 3.63) is 120 Å². The molecule has 0 radical (unpaired) electrons. The minimum atomic E-state index is -3.91. The van der Waals surface area contributed by atoms with E-state index < -0.39 is 39.8 Å². The summed E-state index contributed by atoms with van der Waals surface area (Å²) >= 11 is 0. The fraction of sp³-hybridized carbons (Fsp3) is 0.333. The number of nitrogens with one attached hydrogen (secondary N) is 2. The monoisotopic (exact) mass is 716 g/mol. The topological polar surface area (TPSA) is 171 Å². The van der Waals surface area contributed by atoms with Crippen LogP contribution in [0.2, 0.25) is 0 Å². The molecule has 51 heavy (non-hydrogen) atoms. The number of hydrogen-bond donors (Lipinski definition) is 5. The van der Waals surface area contributed by atoms with Gasteiger partial charge in [0.05, 0.1) is 18.6 Å². The highest BCUT2D eigenvalue weighted by atomic mass is 32.2. The molecule has 2 atom stereocenters. The Balaban J connectivity index is 1.51. The van der Waals surface area contributed by atoms with Crippen LogP contribution in [0.15, 0.2) is 108 Å². The Kier molecular flexibility index (Phi) is 14.0. The maximum atomic E-state index is 14.0. The number of anilines is 1. The van der Waals surface area contributed by atoms with E-state index in [4.69, 9.17) is 10.5 Å². The lowest BCUT2D eigenvalue weighted by Crippen LogP contribution is -2.50. The van der Waals surface area contributed by atoms with E-state index in [1.54, 1.807) is 0 Å². The zero-order chi connectivity index (χ0) is 37.0. The number of benzene rings is 4. The van der Waals surface area contributed by atoms with E-state index in [0.717, 1.165) is 11.1 Å². The first kappa shape index (κ1) is 38.9. The quantitative estimate of drug-likeness (QED) is 0.0715. The molecule has 2 amide bonds. The third-order valence-electron chi connectivity index (χ3n) is 8.57. The molecule has 0 aliphatic heterocycles. The number of carbonyl (C=O) groups excluding carboxylic acids is 2. The lowest BCUT2D eigenvalue weighted by atomic mass is 9.84. The normalized spacial score (nSPS) is 12.8. The van der Waals surface area contributed by atoms with Crippen molar-refractivity contribution < 1.29 is 33.0 Å². The zero-order valence-electron chi connectivity index (χ0n) is 29.2. The van der Waals surface area contributed by atoms with Gasteiger partial charge in [0, 0.05) is 36.3 Å². The number of hydrogen-bond acceptors (Lipinski definition) is 8. The standard InChI is InChI=1S/C39H48N4O7S/c1-27(2)25-43(51(48,49)33-20-18-31(40)19-21-33)32(26-44)16-10-11-23-41-39(47)37(42-38(46)30-17-22-34(45)35(24-30)50-3)36(28-12-6-4-7-13-28)29-14-8-5-9-15-29/h4-9,12-15,17-22,24,27,32,36-37,44-45H,10-11,16,23,25-26,40H2,1-3H3,(H,41,47)(H,42,46)/t32-,37-/m0/s1. The number of aliphatic hydroxyl groups excluding tert-OH is 1. The molecule has 272 valence electrons. The van der Waals surface area contributed by atoms with Crippen LogP contribution in [-0.2, 0) is 14.8 Å². The third kappa shape index (κ3) is 10.3. The van der Waals surface area contributed by atoms with Gasteiger partial charge in [-0.05, 0) is 72.4 Å². The predicted octanol–water partition coefficient (Wildman–Crippen LogP) is 4.91. The molecule has 0 saturated heterocycles. The molecule has 0 aromatic heterocycles. The Bertz CT molecular complexity index is 1780. The summed E-state index contributed by atoms with van der Waals surface area (Å²) in [7, 11) is -2.52. The number of nitrogens with zero attached hydrogens (tertiary/aromatic N) is 1. The molecule has 4 aromatic rings. The number of ether oxygens (including phenoxy) is 1. The molecule has 0 spiro atoms. The lowest BCUT2D eigenvalue weighted by molar-refractivity contribution is -0.123.